The van der Waals surface area contributed by atoms with E-state index in [0.29, 0.717) is 12.2 Å². The molecular formula is C19H16O3. The molecular weight excluding hydrogens is 276 g/mol. The SMILES string of the molecule is O=C[C@H]1C=C(c2ccccc2)OC(=O)[C@H]1Cc1ccccc1. The molecule has 0 radical (unpaired) electrons. The zero-order chi connectivity index (χ0) is 15.4. The van der Waals surface area contributed by atoms with Crippen LogP contribution in [0.25, 0.3) is 5.76 Å². The van der Waals surface area contributed by atoms with E-state index in [9.17, 15) is 9.59 Å². The van der Waals surface area contributed by atoms with Crippen molar-refractivity contribution in [1.82, 2.24) is 0 Å². The van der Waals surface area contributed by atoms with Crippen molar-refractivity contribution in [3.05, 3.63) is 77.9 Å². The van der Waals surface area contributed by atoms with Crippen LogP contribution in [-0.4, -0.2) is 12.3 Å². The molecule has 22 heavy (non-hydrogen) atoms. The van der Waals surface area contributed by atoms with E-state index >= 15 is 0 Å². The van der Waals surface area contributed by atoms with Gasteiger partial charge in [0.15, 0.2) is 0 Å². The van der Waals surface area contributed by atoms with Crippen molar-refractivity contribution >= 4 is 18.0 Å². The monoisotopic (exact) mass is 292 g/mol. The van der Waals surface area contributed by atoms with Crippen molar-refractivity contribution in [1.29, 1.82) is 0 Å². The van der Waals surface area contributed by atoms with Gasteiger partial charge >= 0.3 is 5.97 Å². The summed E-state index contributed by atoms with van der Waals surface area (Å²) in [5, 5.41) is 0. The molecule has 0 N–H and O–H groups in total. The van der Waals surface area contributed by atoms with Crippen molar-refractivity contribution < 1.29 is 14.3 Å². The Morgan fingerprint density at radius 3 is 2.23 bits per heavy atom. The lowest BCUT2D eigenvalue weighted by molar-refractivity contribution is -0.145. The number of cyclic esters (lactones) is 1. The third kappa shape index (κ3) is 2.98. The molecule has 0 unspecified atom stereocenters. The molecule has 3 heteroatoms. The van der Waals surface area contributed by atoms with Crippen LogP contribution in [0, 0.1) is 11.8 Å². The van der Waals surface area contributed by atoms with Crippen LogP contribution in [0.15, 0.2) is 66.7 Å². The summed E-state index contributed by atoms with van der Waals surface area (Å²) >= 11 is 0. The van der Waals surface area contributed by atoms with E-state index < -0.39 is 11.8 Å². The van der Waals surface area contributed by atoms with E-state index in [1.54, 1.807) is 6.08 Å². The van der Waals surface area contributed by atoms with Crippen LogP contribution in [0.5, 0.6) is 0 Å². The molecule has 0 amide bonds. The quantitative estimate of drug-likeness (QED) is 0.641. The number of allylic oxidation sites excluding steroid dienone is 1. The normalized spacial score (nSPS) is 20.9. The van der Waals surface area contributed by atoms with Gasteiger partial charge in [0.05, 0.1) is 11.8 Å². The van der Waals surface area contributed by atoms with Gasteiger partial charge in [-0.2, -0.15) is 0 Å². The fraction of sp³-hybridized carbons (Fsp3) is 0.158. The Kier molecular flexibility index (Phi) is 4.15. The first kappa shape index (κ1) is 14.3. The summed E-state index contributed by atoms with van der Waals surface area (Å²) in [7, 11) is 0. The summed E-state index contributed by atoms with van der Waals surface area (Å²) in [5.74, 6) is -0.807. The van der Waals surface area contributed by atoms with Crippen LogP contribution in [0.3, 0.4) is 0 Å². The lowest BCUT2D eigenvalue weighted by Gasteiger charge is -2.25. The van der Waals surface area contributed by atoms with Crippen molar-refractivity contribution in [2.75, 3.05) is 0 Å². The highest BCUT2D eigenvalue weighted by molar-refractivity contribution is 5.87. The smallest absolute Gasteiger partial charge is 0.315 e. The number of esters is 1. The van der Waals surface area contributed by atoms with Crippen LogP contribution in [0.1, 0.15) is 11.1 Å². The molecule has 0 saturated heterocycles. The molecule has 0 aliphatic carbocycles. The molecule has 3 nitrogen and oxygen atoms in total. The van der Waals surface area contributed by atoms with Gasteiger partial charge < -0.3 is 9.53 Å². The lowest BCUT2D eigenvalue weighted by Crippen LogP contribution is -2.31. The van der Waals surface area contributed by atoms with E-state index in [2.05, 4.69) is 0 Å². The molecule has 1 aliphatic heterocycles. The molecule has 1 heterocycles. The van der Waals surface area contributed by atoms with Gasteiger partial charge in [-0.3, -0.25) is 4.79 Å². The number of benzene rings is 2. The summed E-state index contributed by atoms with van der Waals surface area (Å²) in [5.41, 5.74) is 1.83. The van der Waals surface area contributed by atoms with Crippen LogP contribution >= 0.6 is 0 Å². The largest absolute Gasteiger partial charge is 0.426 e. The molecule has 110 valence electrons. The van der Waals surface area contributed by atoms with Gasteiger partial charge in [-0.25, -0.2) is 0 Å². The van der Waals surface area contributed by atoms with Gasteiger partial charge in [-0.05, 0) is 18.1 Å². The van der Waals surface area contributed by atoms with E-state index in [0.717, 1.165) is 17.4 Å². The number of rotatable bonds is 4. The fourth-order valence-corrected chi connectivity index (χ4v) is 2.65. The van der Waals surface area contributed by atoms with E-state index in [4.69, 9.17) is 4.74 Å². The number of hydrogen-bond acceptors (Lipinski definition) is 3. The van der Waals surface area contributed by atoms with E-state index in [1.165, 1.54) is 0 Å². The number of aldehydes is 1. The highest BCUT2D eigenvalue weighted by atomic mass is 16.5. The molecule has 0 aromatic heterocycles. The number of ether oxygens (including phenoxy) is 1. The third-order valence-corrected chi connectivity index (χ3v) is 3.84. The van der Waals surface area contributed by atoms with Gasteiger partial charge in [-0.15, -0.1) is 0 Å². The standard InChI is InChI=1S/C19H16O3/c20-13-16-12-18(15-9-5-2-6-10-15)22-19(21)17(16)11-14-7-3-1-4-8-14/h1-10,12-13,16-17H,11H2/t16-,17+/m1/s1. The van der Waals surface area contributed by atoms with Gasteiger partial charge in [0.2, 0.25) is 0 Å². The Morgan fingerprint density at radius 2 is 1.59 bits per heavy atom. The Labute approximate surface area is 129 Å². The van der Waals surface area contributed by atoms with Crippen molar-refractivity contribution in [3.63, 3.8) is 0 Å². The first-order valence-corrected chi connectivity index (χ1v) is 7.26. The fourth-order valence-electron chi connectivity index (χ4n) is 2.65. The first-order valence-electron chi connectivity index (χ1n) is 7.26. The van der Waals surface area contributed by atoms with Crippen LogP contribution in [0.2, 0.25) is 0 Å². The summed E-state index contributed by atoms with van der Waals surface area (Å²) in [6.45, 7) is 0. The third-order valence-electron chi connectivity index (χ3n) is 3.84. The first-order chi connectivity index (χ1) is 10.8. The lowest BCUT2D eigenvalue weighted by atomic mass is 9.85. The van der Waals surface area contributed by atoms with Gasteiger partial charge in [0, 0.05) is 5.56 Å². The van der Waals surface area contributed by atoms with Gasteiger partial charge in [-0.1, -0.05) is 60.7 Å². The Balaban J connectivity index is 1.86. The maximum atomic E-state index is 12.3. The maximum Gasteiger partial charge on any atom is 0.315 e. The van der Waals surface area contributed by atoms with Gasteiger partial charge in [0.1, 0.15) is 12.0 Å². The topological polar surface area (TPSA) is 43.4 Å². The van der Waals surface area contributed by atoms with Crippen molar-refractivity contribution in [2.24, 2.45) is 11.8 Å². The number of carbonyl (C=O) groups is 2. The van der Waals surface area contributed by atoms with Gasteiger partial charge in [0.25, 0.3) is 0 Å². The molecule has 0 fully saturated rings. The molecule has 0 spiro atoms. The summed E-state index contributed by atoms with van der Waals surface area (Å²) in [6, 6.07) is 19.0. The minimum Gasteiger partial charge on any atom is -0.426 e. The minimum atomic E-state index is -0.465. The summed E-state index contributed by atoms with van der Waals surface area (Å²) in [6.07, 6.45) is 3.08. The Hall–Kier alpha value is -2.68. The maximum absolute atomic E-state index is 12.3. The van der Waals surface area contributed by atoms with E-state index in [-0.39, 0.29) is 5.97 Å². The van der Waals surface area contributed by atoms with Crippen LogP contribution in [-0.2, 0) is 20.7 Å². The second-order valence-corrected chi connectivity index (χ2v) is 5.33. The molecule has 0 bridgehead atoms. The van der Waals surface area contributed by atoms with Crippen molar-refractivity contribution in [2.45, 2.75) is 6.42 Å². The average molecular weight is 292 g/mol. The number of hydrogen-bond donors (Lipinski definition) is 0. The predicted molar refractivity (Wildman–Crippen MR) is 83.7 cm³/mol. The zero-order valence-electron chi connectivity index (χ0n) is 12.0. The van der Waals surface area contributed by atoms with Crippen LogP contribution < -0.4 is 0 Å². The Morgan fingerprint density at radius 1 is 0.955 bits per heavy atom. The molecule has 1 aliphatic rings. The van der Waals surface area contributed by atoms with Crippen LogP contribution in [0.4, 0.5) is 0 Å². The molecule has 3 rings (SSSR count). The second kappa shape index (κ2) is 6.39. The Bertz CT molecular complexity index is 689. The highest BCUT2D eigenvalue weighted by Crippen LogP contribution is 2.30. The zero-order valence-corrected chi connectivity index (χ0v) is 12.0. The summed E-state index contributed by atoms with van der Waals surface area (Å²) < 4.78 is 5.45. The molecule has 2 atom stereocenters. The minimum absolute atomic E-state index is 0.345. The second-order valence-electron chi connectivity index (χ2n) is 5.33. The molecule has 2 aromatic carbocycles. The predicted octanol–water partition coefficient (Wildman–Crippen LogP) is 3.26. The molecule has 2 aromatic rings. The highest BCUT2D eigenvalue weighted by Gasteiger charge is 2.34. The van der Waals surface area contributed by atoms with E-state index in [1.807, 2.05) is 60.7 Å². The summed E-state index contributed by atoms with van der Waals surface area (Å²) in [4.78, 5) is 23.8. The average Bonchev–Trinajstić information content (AvgIpc) is 2.58. The molecule has 0 saturated carbocycles. The number of carbonyl (C=O) groups excluding carboxylic acids is 2. The van der Waals surface area contributed by atoms with Crippen molar-refractivity contribution in [3.8, 4) is 0 Å².